The van der Waals surface area contributed by atoms with Gasteiger partial charge in [0.05, 0.1) is 19.6 Å². The number of piperidine rings is 1. The number of carbonyl (C=O) groups is 1. The van der Waals surface area contributed by atoms with Gasteiger partial charge in [0.25, 0.3) is 0 Å². The number of esters is 1. The quantitative estimate of drug-likeness (QED) is 0.627. The molecule has 1 atom stereocenters. The highest BCUT2D eigenvalue weighted by atomic mass is 16.6. The second-order valence-electron chi connectivity index (χ2n) is 7.49. The monoisotopic (exact) mass is 368 g/mol. The number of nitrogens with zero attached hydrogens (tertiary/aromatic N) is 1. The van der Waals surface area contributed by atoms with Gasteiger partial charge >= 0.3 is 5.97 Å². The van der Waals surface area contributed by atoms with Gasteiger partial charge in [0.1, 0.15) is 6.54 Å². The molecule has 0 spiro atoms. The van der Waals surface area contributed by atoms with E-state index in [1.165, 1.54) is 0 Å². The van der Waals surface area contributed by atoms with E-state index in [9.17, 15) is 9.90 Å². The van der Waals surface area contributed by atoms with Crippen LogP contribution < -0.4 is 0 Å². The van der Waals surface area contributed by atoms with E-state index in [-0.39, 0.29) is 6.10 Å². The summed E-state index contributed by atoms with van der Waals surface area (Å²) in [4.78, 5) is 13.2. The molecule has 1 N–H and O–H groups in total. The summed E-state index contributed by atoms with van der Waals surface area (Å²) in [6.45, 7) is 8.40. The summed E-state index contributed by atoms with van der Waals surface area (Å²) in [5, 5.41) is 11.5. The normalized spacial score (nSPS) is 19.4. The molecule has 1 saturated heterocycles. The first-order valence-electron chi connectivity index (χ1n) is 9.93. The van der Waals surface area contributed by atoms with Crippen molar-refractivity contribution in [2.45, 2.75) is 38.4 Å². The Labute approximate surface area is 162 Å². The minimum absolute atomic E-state index is 0.162. The summed E-state index contributed by atoms with van der Waals surface area (Å²) in [6.07, 6.45) is 1.73. The lowest BCUT2D eigenvalue weighted by atomic mass is 9.86. The third-order valence-corrected chi connectivity index (χ3v) is 6.04. The number of likely N-dealkylation sites (tertiary alicyclic amines) is 1. The number of rotatable bonds is 6. The molecule has 1 heterocycles. The van der Waals surface area contributed by atoms with Gasteiger partial charge in [0.2, 0.25) is 5.60 Å². The van der Waals surface area contributed by atoms with Crippen molar-refractivity contribution in [3.05, 3.63) is 71.8 Å². The Morgan fingerprint density at radius 3 is 2.04 bits per heavy atom. The van der Waals surface area contributed by atoms with E-state index in [2.05, 4.69) is 13.8 Å². The maximum atomic E-state index is 13.2. The Morgan fingerprint density at radius 2 is 1.56 bits per heavy atom. The van der Waals surface area contributed by atoms with Crippen molar-refractivity contribution in [3.63, 3.8) is 0 Å². The van der Waals surface area contributed by atoms with Crippen LogP contribution in [0.25, 0.3) is 0 Å². The molecule has 27 heavy (non-hydrogen) atoms. The molecule has 1 aliphatic rings. The number of aliphatic hydroxyl groups is 1. The highest BCUT2D eigenvalue weighted by Gasteiger charge is 2.44. The van der Waals surface area contributed by atoms with Crippen LogP contribution in [0.3, 0.4) is 0 Å². The van der Waals surface area contributed by atoms with Crippen molar-refractivity contribution in [1.29, 1.82) is 0 Å². The summed E-state index contributed by atoms with van der Waals surface area (Å²) >= 11 is 0. The third-order valence-electron chi connectivity index (χ3n) is 6.04. The standard InChI is InChI=1S/C23H30NO3/c1-3-24(4-2)17-11-16-21(18-24)27-22(25)23(26,19-12-7-5-8-13-19)20-14-9-6-10-15-20/h5-10,12-15,21,26H,3-4,11,16-18H2,1-2H3/q+1/t21-/m1/s1. The summed E-state index contributed by atoms with van der Waals surface area (Å²) in [7, 11) is 0. The van der Waals surface area contributed by atoms with Crippen LogP contribution >= 0.6 is 0 Å². The molecular formula is C23H30NO3+. The average molecular weight is 368 g/mol. The van der Waals surface area contributed by atoms with E-state index in [0.717, 1.165) is 43.5 Å². The van der Waals surface area contributed by atoms with Gasteiger partial charge in [0.15, 0.2) is 6.10 Å². The molecular weight excluding hydrogens is 338 g/mol. The molecule has 3 rings (SSSR count). The third kappa shape index (κ3) is 3.92. The molecule has 0 saturated carbocycles. The fraction of sp³-hybridized carbons (Fsp3) is 0.435. The van der Waals surface area contributed by atoms with Gasteiger partial charge in [-0.2, -0.15) is 0 Å². The largest absolute Gasteiger partial charge is 0.454 e. The zero-order chi connectivity index (χ0) is 19.3. The van der Waals surface area contributed by atoms with Crippen LogP contribution in [0.5, 0.6) is 0 Å². The lowest BCUT2D eigenvalue weighted by Crippen LogP contribution is -2.57. The molecule has 1 fully saturated rings. The van der Waals surface area contributed by atoms with Crippen LogP contribution in [0.2, 0.25) is 0 Å². The molecule has 0 bridgehead atoms. The molecule has 0 aromatic heterocycles. The van der Waals surface area contributed by atoms with Gasteiger partial charge in [-0.05, 0) is 31.4 Å². The molecule has 0 radical (unpaired) electrons. The molecule has 144 valence electrons. The zero-order valence-corrected chi connectivity index (χ0v) is 16.3. The first-order chi connectivity index (χ1) is 13.0. The first-order valence-corrected chi connectivity index (χ1v) is 9.93. The van der Waals surface area contributed by atoms with Crippen molar-refractivity contribution in [2.75, 3.05) is 26.2 Å². The Balaban J connectivity index is 1.89. The van der Waals surface area contributed by atoms with E-state index in [0.29, 0.717) is 11.1 Å². The number of quaternary nitrogens is 1. The number of hydrogen-bond acceptors (Lipinski definition) is 3. The first kappa shape index (κ1) is 19.6. The van der Waals surface area contributed by atoms with Gasteiger partial charge in [0, 0.05) is 6.42 Å². The lowest BCUT2D eigenvalue weighted by molar-refractivity contribution is -0.932. The predicted molar refractivity (Wildman–Crippen MR) is 106 cm³/mol. The van der Waals surface area contributed by atoms with Crippen LogP contribution in [-0.4, -0.2) is 47.8 Å². The van der Waals surface area contributed by atoms with Crippen molar-refractivity contribution >= 4 is 5.97 Å². The molecule has 0 aliphatic carbocycles. The van der Waals surface area contributed by atoms with Crippen LogP contribution in [0.1, 0.15) is 37.8 Å². The van der Waals surface area contributed by atoms with Gasteiger partial charge < -0.3 is 14.3 Å². The second-order valence-corrected chi connectivity index (χ2v) is 7.49. The number of hydrogen-bond donors (Lipinski definition) is 1. The molecule has 4 nitrogen and oxygen atoms in total. The van der Waals surface area contributed by atoms with Crippen molar-refractivity contribution < 1.29 is 19.1 Å². The predicted octanol–water partition coefficient (Wildman–Crippen LogP) is 3.48. The Hall–Kier alpha value is -2.17. The van der Waals surface area contributed by atoms with E-state index in [4.69, 9.17) is 4.74 Å². The number of likely N-dealkylation sites (N-methyl/N-ethyl adjacent to an activating group) is 1. The fourth-order valence-corrected chi connectivity index (χ4v) is 4.16. The van der Waals surface area contributed by atoms with Gasteiger partial charge in [-0.1, -0.05) is 60.7 Å². The van der Waals surface area contributed by atoms with Crippen LogP contribution in [0, 0.1) is 0 Å². The Kier molecular flexibility index (Phi) is 5.98. The maximum Gasteiger partial charge on any atom is 0.348 e. The summed E-state index contributed by atoms with van der Waals surface area (Å²) in [5.74, 6) is -0.586. The summed E-state index contributed by atoms with van der Waals surface area (Å²) in [5.41, 5.74) is -0.735. The molecule has 0 unspecified atom stereocenters. The number of ether oxygens (including phenoxy) is 1. The zero-order valence-electron chi connectivity index (χ0n) is 16.3. The molecule has 0 amide bonds. The van der Waals surface area contributed by atoms with Crippen molar-refractivity contribution in [2.24, 2.45) is 0 Å². The molecule has 2 aromatic carbocycles. The summed E-state index contributed by atoms with van der Waals surface area (Å²) < 4.78 is 6.89. The van der Waals surface area contributed by atoms with E-state index in [1.54, 1.807) is 24.3 Å². The smallest absolute Gasteiger partial charge is 0.348 e. The molecule has 2 aromatic rings. The topological polar surface area (TPSA) is 46.5 Å². The Morgan fingerprint density at radius 1 is 1.04 bits per heavy atom. The molecule has 4 heteroatoms. The van der Waals surface area contributed by atoms with Gasteiger partial charge in [-0.25, -0.2) is 4.79 Å². The van der Waals surface area contributed by atoms with Crippen LogP contribution in [0.15, 0.2) is 60.7 Å². The van der Waals surface area contributed by atoms with Crippen LogP contribution in [0.4, 0.5) is 0 Å². The second kappa shape index (κ2) is 8.24. The van der Waals surface area contributed by atoms with Gasteiger partial charge in [-0.15, -0.1) is 0 Å². The lowest BCUT2D eigenvalue weighted by Gasteiger charge is -2.43. The van der Waals surface area contributed by atoms with Crippen LogP contribution in [-0.2, 0) is 15.1 Å². The fourth-order valence-electron chi connectivity index (χ4n) is 4.16. The van der Waals surface area contributed by atoms with E-state index < -0.39 is 11.6 Å². The number of benzene rings is 2. The average Bonchev–Trinajstić information content (AvgIpc) is 2.74. The van der Waals surface area contributed by atoms with Crippen molar-refractivity contribution in [1.82, 2.24) is 0 Å². The maximum absolute atomic E-state index is 13.2. The van der Waals surface area contributed by atoms with E-state index in [1.807, 2.05) is 36.4 Å². The Bertz CT molecular complexity index is 701. The van der Waals surface area contributed by atoms with Crippen molar-refractivity contribution in [3.8, 4) is 0 Å². The molecule has 1 aliphatic heterocycles. The highest BCUT2D eigenvalue weighted by molar-refractivity contribution is 5.85. The minimum Gasteiger partial charge on any atom is -0.454 e. The van der Waals surface area contributed by atoms with Gasteiger partial charge in [-0.3, -0.25) is 0 Å². The SMILES string of the molecule is CC[N+]1(CC)CCC[C@@H](OC(=O)C(O)(c2ccccc2)c2ccccc2)C1. The minimum atomic E-state index is -1.80. The highest BCUT2D eigenvalue weighted by Crippen LogP contribution is 2.32. The summed E-state index contributed by atoms with van der Waals surface area (Å²) in [6, 6.07) is 18.1. The number of carbonyl (C=O) groups excluding carboxylic acids is 1. The van der Waals surface area contributed by atoms with E-state index >= 15 is 0 Å².